The summed E-state index contributed by atoms with van der Waals surface area (Å²) in [5, 5.41) is 3.01. The van der Waals surface area contributed by atoms with Crippen LogP contribution in [0.2, 0.25) is 0 Å². The van der Waals surface area contributed by atoms with Gasteiger partial charge in [0.2, 0.25) is 5.91 Å². The van der Waals surface area contributed by atoms with E-state index in [1.165, 1.54) is 0 Å². The lowest BCUT2D eigenvalue weighted by atomic mass is 9.79. The average molecular weight is 343 g/mol. The molecule has 130 valence electrons. The second-order valence-electron chi connectivity index (χ2n) is 6.09. The summed E-state index contributed by atoms with van der Waals surface area (Å²) in [6, 6.07) is 7.79. The summed E-state index contributed by atoms with van der Waals surface area (Å²) in [5.74, 6) is 0.869. The van der Waals surface area contributed by atoms with Crippen LogP contribution in [0.1, 0.15) is 32.3 Å². The minimum Gasteiger partial charge on any atom is -0.491 e. The number of nitrogens with one attached hydrogen (secondary N) is 1. The molecule has 0 saturated carbocycles. The van der Waals surface area contributed by atoms with Gasteiger partial charge in [-0.25, -0.2) is 0 Å². The van der Waals surface area contributed by atoms with Crippen LogP contribution in [0.4, 0.5) is 0 Å². The molecule has 0 spiro atoms. The molecule has 6 heteroatoms. The van der Waals surface area contributed by atoms with Crippen LogP contribution in [0.5, 0.6) is 5.75 Å². The molecule has 1 aromatic rings. The first kappa shape index (κ1) is 19.7. The second kappa shape index (κ2) is 9.11. The van der Waals surface area contributed by atoms with Crippen molar-refractivity contribution in [3.8, 4) is 5.75 Å². The van der Waals surface area contributed by atoms with Gasteiger partial charge in [0.25, 0.3) is 0 Å². The number of hydrogen-bond donors (Lipinski definition) is 2. The molecule has 0 bridgehead atoms. The number of nitrogens with two attached hydrogens (primary N) is 1. The zero-order valence-corrected chi connectivity index (χ0v) is 14.7. The molecule has 1 aliphatic heterocycles. The Balaban J connectivity index is 0.00000264. The van der Waals surface area contributed by atoms with E-state index < -0.39 is 5.41 Å². The van der Waals surface area contributed by atoms with Crippen LogP contribution < -0.4 is 15.8 Å². The first-order valence-electron chi connectivity index (χ1n) is 7.87. The lowest BCUT2D eigenvalue weighted by molar-refractivity contribution is -0.136. The van der Waals surface area contributed by atoms with Crippen molar-refractivity contribution in [1.29, 1.82) is 0 Å². The van der Waals surface area contributed by atoms with Gasteiger partial charge in [0.15, 0.2) is 0 Å². The number of carbonyl (C=O) groups excluding carboxylic acids is 1. The molecule has 3 N–H and O–H groups in total. The van der Waals surface area contributed by atoms with E-state index in [9.17, 15) is 4.79 Å². The maximum Gasteiger partial charge on any atom is 0.227 e. The first-order valence-corrected chi connectivity index (χ1v) is 7.87. The standard InChI is InChI=1S/C17H26N2O3.ClH/c1-13(2)22-15-5-3-14(4-6-15)11-19-16(20)17(12-18)7-9-21-10-8-17;/h3-6,13H,7-12,18H2,1-2H3,(H,19,20);1H. The number of ether oxygens (including phenoxy) is 2. The molecule has 1 heterocycles. The van der Waals surface area contributed by atoms with Crippen LogP contribution in [0, 0.1) is 5.41 Å². The van der Waals surface area contributed by atoms with E-state index in [-0.39, 0.29) is 24.4 Å². The van der Waals surface area contributed by atoms with Gasteiger partial charge in [-0.3, -0.25) is 4.79 Å². The molecular formula is C17H27ClN2O3. The summed E-state index contributed by atoms with van der Waals surface area (Å²) in [7, 11) is 0. The molecule has 0 aromatic heterocycles. The van der Waals surface area contributed by atoms with E-state index in [2.05, 4.69) is 5.32 Å². The summed E-state index contributed by atoms with van der Waals surface area (Å²) >= 11 is 0. The predicted molar refractivity (Wildman–Crippen MR) is 92.8 cm³/mol. The fourth-order valence-corrected chi connectivity index (χ4v) is 2.61. The van der Waals surface area contributed by atoms with Crippen molar-refractivity contribution in [1.82, 2.24) is 5.32 Å². The molecule has 1 aromatic carbocycles. The van der Waals surface area contributed by atoms with Gasteiger partial charge < -0.3 is 20.5 Å². The molecule has 1 saturated heterocycles. The number of halogens is 1. The molecule has 1 fully saturated rings. The topological polar surface area (TPSA) is 73.6 Å². The number of benzene rings is 1. The molecule has 2 rings (SSSR count). The van der Waals surface area contributed by atoms with Crippen LogP contribution in [0.25, 0.3) is 0 Å². The largest absolute Gasteiger partial charge is 0.491 e. The third-order valence-electron chi connectivity index (χ3n) is 4.07. The van der Waals surface area contributed by atoms with Crippen LogP contribution >= 0.6 is 12.4 Å². The fraction of sp³-hybridized carbons (Fsp3) is 0.588. The van der Waals surface area contributed by atoms with E-state index in [1.54, 1.807) is 0 Å². The third kappa shape index (κ3) is 5.37. The minimum absolute atomic E-state index is 0. The Labute approximate surface area is 144 Å². The predicted octanol–water partition coefficient (Wildman–Crippen LogP) is 2.27. The molecule has 23 heavy (non-hydrogen) atoms. The van der Waals surface area contributed by atoms with E-state index in [0.29, 0.717) is 39.1 Å². The highest BCUT2D eigenvalue weighted by molar-refractivity contribution is 5.85. The zero-order chi connectivity index (χ0) is 16.0. The second-order valence-corrected chi connectivity index (χ2v) is 6.09. The van der Waals surface area contributed by atoms with Crippen molar-refractivity contribution in [2.45, 2.75) is 39.3 Å². The molecule has 0 unspecified atom stereocenters. The van der Waals surface area contributed by atoms with E-state index in [4.69, 9.17) is 15.2 Å². The van der Waals surface area contributed by atoms with Gasteiger partial charge in [0.05, 0.1) is 11.5 Å². The monoisotopic (exact) mass is 342 g/mol. The van der Waals surface area contributed by atoms with Crippen LogP contribution in [0.15, 0.2) is 24.3 Å². The molecule has 1 amide bonds. The maximum absolute atomic E-state index is 12.5. The smallest absolute Gasteiger partial charge is 0.227 e. The van der Waals surface area contributed by atoms with Crippen LogP contribution in [-0.4, -0.2) is 31.8 Å². The van der Waals surface area contributed by atoms with Crippen molar-refractivity contribution in [3.05, 3.63) is 29.8 Å². The van der Waals surface area contributed by atoms with E-state index >= 15 is 0 Å². The molecule has 0 radical (unpaired) electrons. The number of rotatable bonds is 6. The van der Waals surface area contributed by atoms with Gasteiger partial charge in [-0.15, -0.1) is 12.4 Å². The Kier molecular flexibility index (Phi) is 7.82. The Morgan fingerprint density at radius 2 is 1.91 bits per heavy atom. The highest BCUT2D eigenvalue weighted by Crippen LogP contribution is 2.29. The summed E-state index contributed by atoms with van der Waals surface area (Å²) < 4.78 is 10.9. The van der Waals surface area contributed by atoms with E-state index in [1.807, 2.05) is 38.1 Å². The highest BCUT2D eigenvalue weighted by atomic mass is 35.5. The number of hydrogen-bond acceptors (Lipinski definition) is 4. The van der Waals surface area contributed by atoms with Crippen molar-refractivity contribution < 1.29 is 14.3 Å². The summed E-state index contributed by atoms with van der Waals surface area (Å²) in [6.45, 7) is 6.06. The van der Waals surface area contributed by atoms with Crippen molar-refractivity contribution >= 4 is 18.3 Å². The Hall–Kier alpha value is -1.30. The zero-order valence-electron chi connectivity index (χ0n) is 13.8. The maximum atomic E-state index is 12.5. The van der Waals surface area contributed by atoms with Crippen LogP contribution in [-0.2, 0) is 16.1 Å². The summed E-state index contributed by atoms with van der Waals surface area (Å²) in [5.41, 5.74) is 6.41. The molecule has 0 atom stereocenters. The molecule has 0 aliphatic carbocycles. The average Bonchev–Trinajstić information content (AvgIpc) is 2.54. The van der Waals surface area contributed by atoms with E-state index in [0.717, 1.165) is 11.3 Å². The summed E-state index contributed by atoms with van der Waals surface area (Å²) in [6.07, 6.45) is 1.54. The first-order chi connectivity index (χ1) is 10.6. The fourth-order valence-electron chi connectivity index (χ4n) is 2.61. The number of amides is 1. The number of carbonyl (C=O) groups is 1. The van der Waals surface area contributed by atoms with Gasteiger partial charge >= 0.3 is 0 Å². The van der Waals surface area contributed by atoms with Crippen molar-refractivity contribution in [2.75, 3.05) is 19.8 Å². The summed E-state index contributed by atoms with van der Waals surface area (Å²) in [4.78, 5) is 12.5. The Bertz CT molecular complexity index is 485. The lowest BCUT2D eigenvalue weighted by Crippen LogP contribution is -2.48. The minimum atomic E-state index is -0.473. The Morgan fingerprint density at radius 1 is 1.30 bits per heavy atom. The normalized spacial score (nSPS) is 16.5. The van der Waals surface area contributed by atoms with Gasteiger partial charge in [0, 0.05) is 26.3 Å². The quantitative estimate of drug-likeness (QED) is 0.831. The lowest BCUT2D eigenvalue weighted by Gasteiger charge is -2.34. The van der Waals surface area contributed by atoms with Crippen molar-refractivity contribution in [3.63, 3.8) is 0 Å². The SMILES string of the molecule is CC(C)Oc1ccc(CNC(=O)C2(CN)CCOCC2)cc1.Cl. The molecule has 1 aliphatic rings. The van der Waals surface area contributed by atoms with Gasteiger partial charge in [0.1, 0.15) is 5.75 Å². The van der Waals surface area contributed by atoms with Gasteiger partial charge in [-0.2, -0.15) is 0 Å². The van der Waals surface area contributed by atoms with Crippen molar-refractivity contribution in [2.24, 2.45) is 11.1 Å². The van der Waals surface area contributed by atoms with Crippen LogP contribution in [0.3, 0.4) is 0 Å². The molecular weight excluding hydrogens is 316 g/mol. The third-order valence-corrected chi connectivity index (χ3v) is 4.07. The van der Waals surface area contributed by atoms with Gasteiger partial charge in [-0.1, -0.05) is 12.1 Å². The highest BCUT2D eigenvalue weighted by Gasteiger charge is 2.38. The van der Waals surface area contributed by atoms with Gasteiger partial charge in [-0.05, 0) is 44.4 Å². The Morgan fingerprint density at radius 3 is 2.43 bits per heavy atom. The molecule has 5 nitrogen and oxygen atoms in total.